The number of rotatable bonds is 3. The van der Waals surface area contributed by atoms with E-state index in [1.807, 2.05) is 6.07 Å². The highest BCUT2D eigenvalue weighted by Crippen LogP contribution is 2.27. The van der Waals surface area contributed by atoms with Crippen molar-refractivity contribution in [3.63, 3.8) is 0 Å². The van der Waals surface area contributed by atoms with Gasteiger partial charge in [-0.1, -0.05) is 38.5 Å². The smallest absolute Gasteiger partial charge is 0.265 e. The lowest BCUT2D eigenvalue weighted by Crippen LogP contribution is -2.23. The minimum Gasteiger partial charge on any atom is -0.309 e. The quantitative estimate of drug-likeness (QED) is 0.817. The van der Waals surface area contributed by atoms with Gasteiger partial charge in [-0.15, -0.1) is 11.8 Å². The Hall–Kier alpha value is -1.07. The molecule has 0 atom stereocenters. The number of nitrogens with one attached hydrogen (secondary N) is 1. The number of aryl methyl sites for hydroxylation is 1. The molecule has 0 fully saturated rings. The molecule has 1 heterocycles. The first-order valence-corrected chi connectivity index (χ1v) is 8.54. The lowest BCUT2D eigenvalue weighted by molar-refractivity contribution is 0.558. The van der Waals surface area contributed by atoms with Crippen LogP contribution in [0.5, 0.6) is 0 Å². The van der Waals surface area contributed by atoms with Crippen molar-refractivity contribution in [3.05, 3.63) is 56.2 Å². The maximum absolute atomic E-state index is 12.0. The third-order valence-electron chi connectivity index (χ3n) is 2.99. The van der Waals surface area contributed by atoms with E-state index < -0.39 is 0 Å². The van der Waals surface area contributed by atoms with Gasteiger partial charge in [0.15, 0.2) is 0 Å². The molecule has 0 unspecified atom stereocenters. The largest absolute Gasteiger partial charge is 0.309 e. The molecule has 112 valence electrons. The summed E-state index contributed by atoms with van der Waals surface area (Å²) in [5.41, 5.74) is 1.74. The average Bonchev–Trinajstić information content (AvgIpc) is 2.38. The van der Waals surface area contributed by atoms with Crippen molar-refractivity contribution in [2.24, 2.45) is 0 Å². The van der Waals surface area contributed by atoms with Crippen molar-refractivity contribution in [2.45, 2.75) is 43.8 Å². The second kappa shape index (κ2) is 6.36. The molecule has 0 aliphatic rings. The fraction of sp³-hybridized carbons (Fsp3) is 0.375. The van der Waals surface area contributed by atoms with Crippen molar-refractivity contribution in [3.8, 4) is 0 Å². The summed E-state index contributed by atoms with van der Waals surface area (Å²) in [7, 11) is 0. The van der Waals surface area contributed by atoms with E-state index in [4.69, 9.17) is 0 Å². The van der Waals surface area contributed by atoms with Crippen LogP contribution in [0.15, 0.2) is 38.4 Å². The number of halogens is 1. The van der Waals surface area contributed by atoms with Gasteiger partial charge in [0, 0.05) is 10.3 Å². The highest BCUT2D eigenvalue weighted by atomic mass is 79.9. The third kappa shape index (κ3) is 4.20. The molecule has 0 saturated heterocycles. The van der Waals surface area contributed by atoms with E-state index in [1.165, 1.54) is 10.5 Å². The van der Waals surface area contributed by atoms with Crippen molar-refractivity contribution in [1.29, 1.82) is 0 Å². The summed E-state index contributed by atoms with van der Waals surface area (Å²) < 4.78 is 0.527. The number of thioether (sulfide) groups is 1. The van der Waals surface area contributed by atoms with E-state index in [1.54, 1.807) is 11.8 Å². The van der Waals surface area contributed by atoms with Gasteiger partial charge in [0.1, 0.15) is 10.3 Å². The maximum Gasteiger partial charge on any atom is 0.265 e. The van der Waals surface area contributed by atoms with E-state index in [9.17, 15) is 4.79 Å². The van der Waals surface area contributed by atoms with E-state index in [0.29, 0.717) is 16.0 Å². The van der Waals surface area contributed by atoms with Crippen LogP contribution in [0.2, 0.25) is 0 Å². The zero-order valence-corrected chi connectivity index (χ0v) is 15.1. The van der Waals surface area contributed by atoms with Gasteiger partial charge in [0.2, 0.25) is 0 Å². The minimum atomic E-state index is -0.171. The van der Waals surface area contributed by atoms with Crippen molar-refractivity contribution in [2.75, 3.05) is 0 Å². The molecular weight excluding hydrogens is 348 g/mol. The zero-order valence-electron chi connectivity index (χ0n) is 12.7. The average molecular weight is 367 g/mol. The number of aromatic amines is 1. The summed E-state index contributed by atoms with van der Waals surface area (Å²) in [4.78, 5) is 20.7. The van der Waals surface area contributed by atoms with Crippen LogP contribution in [0.4, 0.5) is 0 Å². The van der Waals surface area contributed by atoms with E-state index in [-0.39, 0.29) is 11.0 Å². The van der Waals surface area contributed by atoms with Gasteiger partial charge in [-0.25, -0.2) is 4.98 Å². The molecule has 1 aromatic heterocycles. The van der Waals surface area contributed by atoms with Crippen LogP contribution in [-0.2, 0) is 11.2 Å². The van der Waals surface area contributed by atoms with Gasteiger partial charge in [-0.05, 0) is 35.0 Å². The van der Waals surface area contributed by atoms with Crippen LogP contribution in [0.3, 0.4) is 0 Å². The second-order valence-electron chi connectivity index (χ2n) is 6.03. The van der Waals surface area contributed by atoms with Gasteiger partial charge >= 0.3 is 0 Å². The number of benzene rings is 1. The molecule has 2 rings (SSSR count). The highest BCUT2D eigenvalue weighted by Gasteiger charge is 2.21. The molecule has 5 heteroatoms. The molecule has 0 radical (unpaired) electrons. The van der Waals surface area contributed by atoms with Crippen LogP contribution < -0.4 is 5.56 Å². The monoisotopic (exact) mass is 366 g/mol. The third-order valence-corrected chi connectivity index (χ3v) is 4.73. The Balaban J connectivity index is 2.25. The Labute approximate surface area is 137 Å². The molecule has 1 N–H and O–H groups in total. The molecule has 21 heavy (non-hydrogen) atoms. The van der Waals surface area contributed by atoms with Gasteiger partial charge < -0.3 is 4.98 Å². The predicted octanol–water partition coefficient (Wildman–Crippen LogP) is 4.43. The highest BCUT2D eigenvalue weighted by molar-refractivity contribution is 9.10. The number of aromatic nitrogens is 2. The normalized spacial score (nSPS) is 11.7. The number of hydrogen-bond acceptors (Lipinski definition) is 3. The molecule has 0 amide bonds. The number of nitrogens with zero attached hydrogens (tertiary/aromatic N) is 1. The fourth-order valence-corrected chi connectivity index (χ4v) is 3.59. The summed E-state index contributed by atoms with van der Waals surface area (Å²) >= 11 is 5.02. The summed E-state index contributed by atoms with van der Waals surface area (Å²) in [6.07, 6.45) is 0. The van der Waals surface area contributed by atoms with Gasteiger partial charge in [0.25, 0.3) is 5.56 Å². The molecule has 2 aromatic rings. The van der Waals surface area contributed by atoms with Gasteiger partial charge in [-0.2, -0.15) is 0 Å². The van der Waals surface area contributed by atoms with Crippen molar-refractivity contribution < 1.29 is 0 Å². The Morgan fingerprint density at radius 2 is 2.05 bits per heavy atom. The molecule has 1 aromatic carbocycles. The lowest BCUT2D eigenvalue weighted by Gasteiger charge is -2.19. The summed E-state index contributed by atoms with van der Waals surface area (Å²) in [5.74, 6) is 1.36. The first kappa shape index (κ1) is 16.3. The molecular formula is C16H19BrN2OS. The Kier molecular flexibility index (Phi) is 4.94. The van der Waals surface area contributed by atoms with Gasteiger partial charge in [-0.3, -0.25) is 4.79 Å². The van der Waals surface area contributed by atoms with E-state index in [2.05, 4.69) is 71.8 Å². The topological polar surface area (TPSA) is 45.8 Å². The first-order valence-electron chi connectivity index (χ1n) is 6.76. The summed E-state index contributed by atoms with van der Waals surface area (Å²) in [6, 6.07) is 8.31. The van der Waals surface area contributed by atoms with Crippen LogP contribution in [0, 0.1) is 6.92 Å². The fourth-order valence-electron chi connectivity index (χ4n) is 1.93. The SMILES string of the molecule is Cc1cccc(SCc2nc(C(C)(C)C)c(Br)c(=O)[nH]2)c1. The molecule has 0 spiro atoms. The van der Waals surface area contributed by atoms with Crippen LogP contribution in [-0.4, -0.2) is 9.97 Å². The summed E-state index contributed by atoms with van der Waals surface area (Å²) in [5, 5.41) is 0. The van der Waals surface area contributed by atoms with E-state index >= 15 is 0 Å². The second-order valence-corrected chi connectivity index (χ2v) is 7.87. The van der Waals surface area contributed by atoms with Crippen LogP contribution >= 0.6 is 27.7 Å². The zero-order chi connectivity index (χ0) is 15.6. The van der Waals surface area contributed by atoms with Crippen LogP contribution in [0.25, 0.3) is 0 Å². The lowest BCUT2D eigenvalue weighted by atomic mass is 9.92. The standard InChI is InChI=1S/C16H19BrN2OS/c1-10-6-5-7-11(8-10)21-9-12-18-14(16(2,3)4)13(17)15(20)19-12/h5-8H,9H2,1-4H3,(H,18,19,20). The Morgan fingerprint density at radius 3 is 2.67 bits per heavy atom. The number of H-pyrrole nitrogens is 1. The Bertz CT molecular complexity index is 704. The molecule has 3 nitrogen and oxygen atoms in total. The predicted molar refractivity (Wildman–Crippen MR) is 92.0 cm³/mol. The molecule has 0 aliphatic heterocycles. The van der Waals surface area contributed by atoms with Gasteiger partial charge in [0.05, 0.1) is 11.4 Å². The van der Waals surface area contributed by atoms with E-state index in [0.717, 1.165) is 5.69 Å². The molecule has 0 aliphatic carbocycles. The molecule has 0 saturated carbocycles. The Morgan fingerprint density at radius 1 is 1.33 bits per heavy atom. The van der Waals surface area contributed by atoms with Crippen LogP contribution in [0.1, 0.15) is 37.9 Å². The summed E-state index contributed by atoms with van der Waals surface area (Å²) in [6.45, 7) is 8.23. The number of hydrogen-bond donors (Lipinski definition) is 1. The first-order chi connectivity index (χ1) is 9.77. The van der Waals surface area contributed by atoms with Crippen molar-refractivity contribution in [1.82, 2.24) is 9.97 Å². The molecule has 0 bridgehead atoms. The minimum absolute atomic E-state index is 0.116. The van der Waals surface area contributed by atoms with Crippen molar-refractivity contribution >= 4 is 27.7 Å². The maximum atomic E-state index is 12.0.